The lowest BCUT2D eigenvalue weighted by Gasteiger charge is -2.13. The molecule has 0 bridgehead atoms. The van der Waals surface area contributed by atoms with Crippen LogP contribution in [0.3, 0.4) is 0 Å². The third kappa shape index (κ3) is 4.91. The number of rotatable bonds is 6. The second-order valence-electron chi connectivity index (χ2n) is 4.36. The van der Waals surface area contributed by atoms with E-state index < -0.39 is 5.92 Å². The lowest BCUT2D eigenvalue weighted by atomic mass is 9.89. The van der Waals surface area contributed by atoms with Gasteiger partial charge in [0.15, 0.2) is 0 Å². The van der Waals surface area contributed by atoms with Gasteiger partial charge in [0.1, 0.15) is 11.6 Å². The SMILES string of the molecule is CCC(C)=CCC(C(C)=O)C(=O)C(C)C. The maximum absolute atomic E-state index is 11.7. The fourth-order valence-electron chi connectivity index (χ4n) is 1.35. The summed E-state index contributed by atoms with van der Waals surface area (Å²) in [6.45, 7) is 9.28. The van der Waals surface area contributed by atoms with Gasteiger partial charge in [-0.1, -0.05) is 32.4 Å². The highest BCUT2D eigenvalue weighted by Crippen LogP contribution is 2.15. The number of hydrogen-bond acceptors (Lipinski definition) is 2. The zero-order valence-corrected chi connectivity index (χ0v) is 10.5. The van der Waals surface area contributed by atoms with Crippen LogP contribution in [-0.2, 0) is 9.59 Å². The van der Waals surface area contributed by atoms with Crippen molar-refractivity contribution < 1.29 is 9.59 Å². The lowest BCUT2D eigenvalue weighted by Crippen LogP contribution is -2.25. The summed E-state index contributed by atoms with van der Waals surface area (Å²) in [5, 5.41) is 0. The van der Waals surface area contributed by atoms with Gasteiger partial charge in [-0.3, -0.25) is 9.59 Å². The van der Waals surface area contributed by atoms with Crippen molar-refractivity contribution >= 4 is 11.6 Å². The van der Waals surface area contributed by atoms with Gasteiger partial charge in [-0.05, 0) is 26.7 Å². The van der Waals surface area contributed by atoms with Crippen molar-refractivity contribution in [3.63, 3.8) is 0 Å². The molecule has 2 nitrogen and oxygen atoms in total. The molecule has 0 rings (SSSR count). The molecule has 2 heteroatoms. The number of Topliss-reactive ketones (excluding diaryl/α,β-unsaturated/α-hetero) is 2. The molecule has 0 aromatic heterocycles. The van der Waals surface area contributed by atoms with E-state index >= 15 is 0 Å². The Morgan fingerprint density at radius 3 is 2.07 bits per heavy atom. The average Bonchev–Trinajstić information content (AvgIpc) is 2.16. The van der Waals surface area contributed by atoms with Gasteiger partial charge < -0.3 is 0 Å². The average molecular weight is 210 g/mol. The third-order valence-corrected chi connectivity index (χ3v) is 2.66. The molecular weight excluding hydrogens is 188 g/mol. The van der Waals surface area contributed by atoms with Crippen molar-refractivity contribution in [2.24, 2.45) is 11.8 Å². The molecule has 1 atom stereocenters. The molecule has 0 aromatic rings. The summed E-state index contributed by atoms with van der Waals surface area (Å²) >= 11 is 0. The third-order valence-electron chi connectivity index (χ3n) is 2.66. The van der Waals surface area contributed by atoms with Crippen LogP contribution < -0.4 is 0 Å². The van der Waals surface area contributed by atoms with Crippen molar-refractivity contribution in [2.75, 3.05) is 0 Å². The number of allylic oxidation sites excluding steroid dienone is 2. The second-order valence-corrected chi connectivity index (χ2v) is 4.36. The minimum absolute atomic E-state index is 0.0196. The van der Waals surface area contributed by atoms with Gasteiger partial charge in [0.05, 0.1) is 5.92 Å². The number of carbonyl (C=O) groups excluding carboxylic acids is 2. The molecule has 0 saturated heterocycles. The van der Waals surface area contributed by atoms with Crippen LogP contribution in [0.4, 0.5) is 0 Å². The van der Waals surface area contributed by atoms with Crippen molar-refractivity contribution in [1.82, 2.24) is 0 Å². The Labute approximate surface area is 92.8 Å². The molecule has 86 valence electrons. The molecule has 0 amide bonds. The molecule has 1 unspecified atom stereocenters. The van der Waals surface area contributed by atoms with Gasteiger partial charge in [0.2, 0.25) is 0 Å². The van der Waals surface area contributed by atoms with E-state index in [1.54, 1.807) is 0 Å². The first-order chi connectivity index (χ1) is 6.90. The Balaban J connectivity index is 4.56. The summed E-state index contributed by atoms with van der Waals surface area (Å²) in [7, 11) is 0. The Morgan fingerprint density at radius 2 is 1.73 bits per heavy atom. The summed E-state index contributed by atoms with van der Waals surface area (Å²) < 4.78 is 0. The molecule has 0 fully saturated rings. The Bertz CT molecular complexity index is 262. The van der Waals surface area contributed by atoms with E-state index in [9.17, 15) is 9.59 Å². The van der Waals surface area contributed by atoms with Crippen molar-refractivity contribution in [3.05, 3.63) is 11.6 Å². The second kappa shape index (κ2) is 6.54. The van der Waals surface area contributed by atoms with Gasteiger partial charge in [0, 0.05) is 5.92 Å². The summed E-state index contributed by atoms with van der Waals surface area (Å²) in [4.78, 5) is 23.1. The highest BCUT2D eigenvalue weighted by molar-refractivity contribution is 6.02. The Morgan fingerprint density at radius 1 is 1.20 bits per heavy atom. The van der Waals surface area contributed by atoms with E-state index in [1.165, 1.54) is 12.5 Å². The lowest BCUT2D eigenvalue weighted by molar-refractivity contribution is -0.133. The van der Waals surface area contributed by atoms with Gasteiger partial charge in [0.25, 0.3) is 0 Å². The smallest absolute Gasteiger partial charge is 0.146 e. The summed E-state index contributed by atoms with van der Waals surface area (Å²) in [5.41, 5.74) is 1.23. The van der Waals surface area contributed by atoms with Crippen LogP contribution in [-0.4, -0.2) is 11.6 Å². The molecule has 0 heterocycles. The maximum Gasteiger partial charge on any atom is 0.146 e. The van der Waals surface area contributed by atoms with E-state index in [4.69, 9.17) is 0 Å². The van der Waals surface area contributed by atoms with E-state index in [-0.39, 0.29) is 17.5 Å². The van der Waals surface area contributed by atoms with Crippen LogP contribution in [0.1, 0.15) is 47.5 Å². The molecule has 0 aromatic carbocycles. The topological polar surface area (TPSA) is 34.1 Å². The predicted octanol–water partition coefficient (Wildman–Crippen LogP) is 3.16. The molecule has 0 saturated carbocycles. The van der Waals surface area contributed by atoms with Crippen LogP contribution in [0.2, 0.25) is 0 Å². The molecule has 15 heavy (non-hydrogen) atoms. The monoisotopic (exact) mass is 210 g/mol. The quantitative estimate of drug-likeness (QED) is 0.498. The number of carbonyl (C=O) groups is 2. The first-order valence-electron chi connectivity index (χ1n) is 5.59. The maximum atomic E-state index is 11.7. The predicted molar refractivity (Wildman–Crippen MR) is 62.7 cm³/mol. The Hall–Kier alpha value is -0.920. The molecule has 0 aliphatic carbocycles. The number of hydrogen-bond donors (Lipinski definition) is 0. The largest absolute Gasteiger partial charge is 0.299 e. The van der Waals surface area contributed by atoms with E-state index in [0.717, 1.165) is 6.42 Å². The first-order valence-corrected chi connectivity index (χ1v) is 5.59. The highest BCUT2D eigenvalue weighted by Gasteiger charge is 2.24. The normalized spacial score (nSPS) is 14.1. The van der Waals surface area contributed by atoms with Crippen LogP contribution in [0.5, 0.6) is 0 Å². The van der Waals surface area contributed by atoms with Gasteiger partial charge >= 0.3 is 0 Å². The van der Waals surface area contributed by atoms with Gasteiger partial charge in [-0.25, -0.2) is 0 Å². The number of ketones is 2. The van der Waals surface area contributed by atoms with E-state index in [1.807, 2.05) is 26.8 Å². The van der Waals surface area contributed by atoms with Gasteiger partial charge in [-0.15, -0.1) is 0 Å². The van der Waals surface area contributed by atoms with Crippen molar-refractivity contribution in [2.45, 2.75) is 47.5 Å². The zero-order valence-electron chi connectivity index (χ0n) is 10.5. The molecule has 0 aliphatic rings. The minimum atomic E-state index is -0.438. The Kier molecular flexibility index (Phi) is 6.14. The van der Waals surface area contributed by atoms with Crippen LogP contribution in [0, 0.1) is 11.8 Å². The van der Waals surface area contributed by atoms with Gasteiger partial charge in [-0.2, -0.15) is 0 Å². The van der Waals surface area contributed by atoms with E-state index in [2.05, 4.69) is 6.92 Å². The molecule has 0 aliphatic heterocycles. The van der Waals surface area contributed by atoms with Crippen LogP contribution >= 0.6 is 0 Å². The van der Waals surface area contributed by atoms with Crippen LogP contribution in [0.15, 0.2) is 11.6 Å². The standard InChI is InChI=1S/C13H22O2/c1-6-10(4)7-8-12(11(5)14)13(15)9(2)3/h7,9,12H,6,8H2,1-5H3. The molecule has 0 spiro atoms. The summed E-state index contributed by atoms with van der Waals surface area (Å²) in [6, 6.07) is 0. The molecule has 0 N–H and O–H groups in total. The zero-order chi connectivity index (χ0) is 12.0. The fourth-order valence-corrected chi connectivity index (χ4v) is 1.35. The molecular formula is C13H22O2. The summed E-state index contributed by atoms with van der Waals surface area (Å²) in [6.07, 6.45) is 3.54. The van der Waals surface area contributed by atoms with Crippen LogP contribution in [0.25, 0.3) is 0 Å². The van der Waals surface area contributed by atoms with E-state index in [0.29, 0.717) is 6.42 Å². The van der Waals surface area contributed by atoms with Crippen molar-refractivity contribution in [3.8, 4) is 0 Å². The first kappa shape index (κ1) is 14.1. The fraction of sp³-hybridized carbons (Fsp3) is 0.692. The van der Waals surface area contributed by atoms with Crippen molar-refractivity contribution in [1.29, 1.82) is 0 Å². The highest BCUT2D eigenvalue weighted by atomic mass is 16.1. The summed E-state index contributed by atoms with van der Waals surface area (Å²) in [5.74, 6) is -0.461. The molecule has 0 radical (unpaired) electrons. The minimum Gasteiger partial charge on any atom is -0.299 e.